The Kier molecular flexibility index (Phi) is 2.77. The van der Waals surface area contributed by atoms with Gasteiger partial charge in [0.05, 0.1) is 17.3 Å². The van der Waals surface area contributed by atoms with Gasteiger partial charge in [0.15, 0.2) is 0 Å². The average molecular weight is 309 g/mol. The van der Waals surface area contributed by atoms with Crippen molar-refractivity contribution in [3.63, 3.8) is 0 Å². The molecule has 108 valence electrons. The fourth-order valence-corrected chi connectivity index (χ4v) is 3.64. The molecule has 1 heterocycles. The van der Waals surface area contributed by atoms with E-state index in [1.54, 1.807) is 31.4 Å². The van der Waals surface area contributed by atoms with Crippen LogP contribution in [0.4, 0.5) is 0 Å². The Balaban J connectivity index is 1.89. The minimum Gasteiger partial charge on any atom is -0.506 e. The van der Waals surface area contributed by atoms with Gasteiger partial charge in [-0.15, -0.1) is 11.3 Å². The summed E-state index contributed by atoms with van der Waals surface area (Å²) in [5.41, 5.74) is 2.15. The van der Waals surface area contributed by atoms with Crippen molar-refractivity contribution >= 4 is 38.7 Å². The molecule has 2 aromatic carbocycles. The fourth-order valence-electron chi connectivity index (χ4n) is 2.60. The molecule has 0 bridgehead atoms. The lowest BCUT2D eigenvalue weighted by Crippen LogP contribution is -1.97. The maximum atomic E-state index is 12.5. The van der Waals surface area contributed by atoms with Gasteiger partial charge < -0.3 is 9.84 Å². The first-order valence-electron chi connectivity index (χ1n) is 6.71. The summed E-state index contributed by atoms with van der Waals surface area (Å²) in [5, 5.41) is 10.9. The topological polar surface area (TPSA) is 59.4 Å². The van der Waals surface area contributed by atoms with Crippen LogP contribution in [0.2, 0.25) is 0 Å². The maximum absolute atomic E-state index is 12.5. The molecule has 0 aliphatic heterocycles. The lowest BCUT2D eigenvalue weighted by Gasteiger charge is -1.96. The smallest absolute Gasteiger partial charge is 0.200 e. The second-order valence-electron chi connectivity index (χ2n) is 4.95. The lowest BCUT2D eigenvalue weighted by molar-refractivity contribution is 0.105. The van der Waals surface area contributed by atoms with Gasteiger partial charge in [-0.2, -0.15) is 0 Å². The first kappa shape index (κ1) is 13.0. The van der Waals surface area contributed by atoms with E-state index in [0.29, 0.717) is 16.1 Å². The van der Waals surface area contributed by atoms with Gasteiger partial charge in [0.2, 0.25) is 5.78 Å². The summed E-state index contributed by atoms with van der Waals surface area (Å²) in [5.74, 6) is 0.563. The molecular weight excluding hydrogens is 298 g/mol. The van der Waals surface area contributed by atoms with E-state index in [4.69, 9.17) is 4.74 Å². The molecule has 4 nitrogen and oxygen atoms in total. The summed E-state index contributed by atoms with van der Waals surface area (Å²) >= 11 is 1.37. The number of benzene rings is 2. The fraction of sp³-hybridized carbons (Fsp3) is 0.0588. The number of rotatable bonds is 2. The van der Waals surface area contributed by atoms with Crippen LogP contribution in [0, 0.1) is 0 Å². The third-order valence-corrected chi connectivity index (χ3v) is 4.74. The number of allylic oxidation sites excluding steroid dienone is 1. The summed E-state index contributed by atoms with van der Waals surface area (Å²) in [6, 6.07) is 12.6. The van der Waals surface area contributed by atoms with E-state index in [1.165, 1.54) is 11.3 Å². The quantitative estimate of drug-likeness (QED) is 0.779. The summed E-state index contributed by atoms with van der Waals surface area (Å²) < 4.78 is 6.12. The molecule has 0 atom stereocenters. The molecule has 0 fully saturated rings. The third-order valence-electron chi connectivity index (χ3n) is 3.70. The second-order valence-corrected chi connectivity index (χ2v) is 5.98. The number of hydrogen-bond donors (Lipinski definition) is 1. The van der Waals surface area contributed by atoms with E-state index in [0.717, 1.165) is 16.0 Å². The molecule has 3 aromatic rings. The van der Waals surface area contributed by atoms with Crippen LogP contribution in [-0.2, 0) is 0 Å². The largest absolute Gasteiger partial charge is 0.506 e. The van der Waals surface area contributed by atoms with Crippen LogP contribution in [-0.4, -0.2) is 23.0 Å². The average Bonchev–Trinajstić information content (AvgIpc) is 3.06. The van der Waals surface area contributed by atoms with Crippen LogP contribution in [0.1, 0.15) is 20.9 Å². The van der Waals surface area contributed by atoms with E-state index in [-0.39, 0.29) is 17.1 Å². The van der Waals surface area contributed by atoms with E-state index < -0.39 is 0 Å². The van der Waals surface area contributed by atoms with Gasteiger partial charge >= 0.3 is 0 Å². The van der Waals surface area contributed by atoms with Gasteiger partial charge in [-0.1, -0.05) is 24.3 Å². The third kappa shape index (κ3) is 1.76. The Hall–Kier alpha value is -2.66. The van der Waals surface area contributed by atoms with Crippen LogP contribution < -0.4 is 4.74 Å². The summed E-state index contributed by atoms with van der Waals surface area (Å²) in [7, 11) is 1.61. The molecule has 0 amide bonds. The van der Waals surface area contributed by atoms with Crippen LogP contribution in [0.3, 0.4) is 0 Å². The number of hydrogen-bond acceptors (Lipinski definition) is 5. The zero-order valence-corrected chi connectivity index (χ0v) is 12.5. The standard InChI is InChI=1S/C17H11NO3S/c1-21-9-6-7-12-13(8-9)22-17(18-12)14-15(19)10-4-2-3-5-11(10)16(14)20/h2-8,19H,1H3. The molecule has 1 aliphatic rings. The molecular formula is C17H11NO3S. The monoisotopic (exact) mass is 309 g/mol. The number of carbonyl (C=O) groups is 1. The minimum absolute atomic E-state index is 0.00613. The highest BCUT2D eigenvalue weighted by molar-refractivity contribution is 7.20. The van der Waals surface area contributed by atoms with Crippen molar-refractivity contribution < 1.29 is 14.6 Å². The van der Waals surface area contributed by atoms with Crippen molar-refractivity contribution in [2.45, 2.75) is 0 Å². The number of aliphatic hydroxyl groups excluding tert-OH is 1. The van der Waals surface area contributed by atoms with Crippen molar-refractivity contribution in [3.8, 4) is 5.75 Å². The molecule has 0 radical (unpaired) electrons. The summed E-state index contributed by atoms with van der Waals surface area (Å²) in [6.07, 6.45) is 0. The van der Waals surface area contributed by atoms with Gasteiger partial charge in [-0.05, 0) is 18.2 Å². The number of fused-ring (bicyclic) bond motifs is 2. The van der Waals surface area contributed by atoms with E-state index in [9.17, 15) is 9.90 Å². The number of carbonyl (C=O) groups excluding carboxylic acids is 1. The van der Waals surface area contributed by atoms with Gasteiger partial charge in [0, 0.05) is 11.1 Å². The highest BCUT2D eigenvalue weighted by Gasteiger charge is 2.32. The van der Waals surface area contributed by atoms with Crippen molar-refractivity contribution in [2.24, 2.45) is 0 Å². The number of Topliss-reactive ketones (excluding diaryl/α,β-unsaturated/α-hetero) is 1. The normalized spacial score (nSPS) is 13.8. The predicted octanol–water partition coefficient (Wildman–Crippen LogP) is 3.93. The van der Waals surface area contributed by atoms with Crippen LogP contribution >= 0.6 is 11.3 Å². The first-order chi connectivity index (χ1) is 10.7. The number of methoxy groups -OCH3 is 1. The Morgan fingerprint density at radius 2 is 1.91 bits per heavy atom. The van der Waals surface area contributed by atoms with Crippen LogP contribution in [0.15, 0.2) is 42.5 Å². The number of ether oxygens (including phenoxy) is 1. The van der Waals surface area contributed by atoms with Crippen LogP contribution in [0.25, 0.3) is 21.5 Å². The molecule has 0 unspecified atom stereocenters. The predicted molar refractivity (Wildman–Crippen MR) is 86.4 cm³/mol. The highest BCUT2D eigenvalue weighted by Crippen LogP contribution is 2.39. The summed E-state index contributed by atoms with van der Waals surface area (Å²) in [4.78, 5) is 17.0. The molecule has 1 aliphatic carbocycles. The molecule has 0 saturated heterocycles. The Labute approximate surface area is 130 Å². The summed E-state index contributed by atoms with van der Waals surface area (Å²) in [6.45, 7) is 0. The van der Waals surface area contributed by atoms with Gasteiger partial charge in [-0.25, -0.2) is 4.98 Å². The molecule has 5 heteroatoms. The number of aromatic nitrogens is 1. The molecule has 1 N–H and O–H groups in total. The molecule has 1 aromatic heterocycles. The van der Waals surface area contributed by atoms with Crippen molar-refractivity contribution in [1.29, 1.82) is 0 Å². The van der Waals surface area contributed by atoms with Crippen molar-refractivity contribution in [1.82, 2.24) is 4.98 Å². The van der Waals surface area contributed by atoms with E-state index in [2.05, 4.69) is 4.98 Å². The zero-order valence-electron chi connectivity index (χ0n) is 11.7. The van der Waals surface area contributed by atoms with E-state index in [1.807, 2.05) is 18.2 Å². The van der Waals surface area contributed by atoms with Gasteiger partial charge in [0.25, 0.3) is 0 Å². The number of ketones is 1. The zero-order chi connectivity index (χ0) is 15.3. The Bertz CT molecular complexity index is 955. The van der Waals surface area contributed by atoms with Gasteiger partial charge in [0.1, 0.15) is 22.1 Å². The maximum Gasteiger partial charge on any atom is 0.200 e. The van der Waals surface area contributed by atoms with Crippen LogP contribution in [0.5, 0.6) is 5.75 Å². The molecule has 0 spiro atoms. The Morgan fingerprint density at radius 3 is 2.64 bits per heavy atom. The van der Waals surface area contributed by atoms with Crippen molar-refractivity contribution in [3.05, 3.63) is 58.6 Å². The minimum atomic E-state index is -0.181. The van der Waals surface area contributed by atoms with Gasteiger partial charge in [-0.3, -0.25) is 4.79 Å². The second kappa shape index (κ2) is 4.68. The first-order valence-corrected chi connectivity index (χ1v) is 7.53. The molecule has 0 saturated carbocycles. The highest BCUT2D eigenvalue weighted by atomic mass is 32.1. The molecule has 4 rings (SSSR count). The van der Waals surface area contributed by atoms with Crippen molar-refractivity contribution in [2.75, 3.05) is 7.11 Å². The molecule has 22 heavy (non-hydrogen) atoms. The lowest BCUT2D eigenvalue weighted by atomic mass is 10.1. The van der Waals surface area contributed by atoms with E-state index >= 15 is 0 Å². The number of thiazole rings is 1. The SMILES string of the molecule is COc1ccc2nc(C3=C(O)c4ccccc4C3=O)sc2c1. The Morgan fingerprint density at radius 1 is 1.14 bits per heavy atom. The number of nitrogens with zero attached hydrogens (tertiary/aromatic N) is 1. The number of aliphatic hydroxyl groups is 1.